The number of carbonyl (C=O) groups is 1. The average molecular weight is 285 g/mol. The predicted molar refractivity (Wildman–Crippen MR) is 76.3 cm³/mol. The van der Waals surface area contributed by atoms with Gasteiger partial charge in [-0.3, -0.25) is 4.79 Å². The van der Waals surface area contributed by atoms with E-state index in [1.54, 1.807) is 13.0 Å². The molecule has 0 aromatic heterocycles. The van der Waals surface area contributed by atoms with Crippen LogP contribution in [0.1, 0.15) is 22.3 Å². The van der Waals surface area contributed by atoms with Gasteiger partial charge in [0.1, 0.15) is 5.82 Å². The molecule has 2 rings (SSSR count). The third-order valence-corrected chi connectivity index (χ3v) is 3.08. The number of carbonyl (C=O) groups excluding carboxylic acids is 1. The van der Waals surface area contributed by atoms with Gasteiger partial charge in [0.25, 0.3) is 5.91 Å². The second kappa shape index (κ2) is 7.26. The Morgan fingerprint density at radius 1 is 1.47 bits per heavy atom. The van der Waals surface area contributed by atoms with Gasteiger partial charge in [-0.15, -0.1) is 12.4 Å². The summed E-state index contributed by atoms with van der Waals surface area (Å²) in [5.41, 5.74) is 2.41. The van der Waals surface area contributed by atoms with E-state index in [1.165, 1.54) is 17.7 Å². The van der Waals surface area contributed by atoms with Gasteiger partial charge in [0.15, 0.2) is 0 Å². The largest absolute Gasteiger partial charge is 0.348 e. The van der Waals surface area contributed by atoms with Crippen LogP contribution in [0.2, 0.25) is 0 Å². The van der Waals surface area contributed by atoms with Crippen molar-refractivity contribution >= 4 is 18.3 Å². The van der Waals surface area contributed by atoms with Crippen LogP contribution in [0.4, 0.5) is 4.39 Å². The normalized spacial score (nSPS) is 14.3. The molecule has 0 fully saturated rings. The minimum absolute atomic E-state index is 0. The topological polar surface area (TPSA) is 41.1 Å². The summed E-state index contributed by atoms with van der Waals surface area (Å²) in [5.74, 6) is -0.599. The molecular weight excluding hydrogens is 267 g/mol. The Morgan fingerprint density at radius 2 is 2.26 bits per heavy atom. The molecule has 104 valence electrons. The summed E-state index contributed by atoms with van der Waals surface area (Å²) in [6.45, 7) is 4.14. The first-order chi connectivity index (χ1) is 8.66. The second-order valence-electron chi connectivity index (χ2n) is 4.46. The zero-order valence-corrected chi connectivity index (χ0v) is 11.6. The summed E-state index contributed by atoms with van der Waals surface area (Å²) in [6.07, 6.45) is 3.03. The minimum atomic E-state index is -0.383. The third kappa shape index (κ3) is 4.33. The quantitative estimate of drug-likeness (QED) is 0.836. The van der Waals surface area contributed by atoms with Crippen LogP contribution in [0.15, 0.2) is 29.8 Å². The number of hydrogen-bond donors (Lipinski definition) is 2. The van der Waals surface area contributed by atoms with E-state index in [0.717, 1.165) is 25.1 Å². The van der Waals surface area contributed by atoms with E-state index in [9.17, 15) is 9.18 Å². The van der Waals surface area contributed by atoms with E-state index in [-0.39, 0.29) is 24.1 Å². The standard InChI is InChI=1S/C14H17FN2O.ClH/c1-10-2-3-12(15)8-13(10)14(18)17-9-11-4-6-16-7-5-11;/h2-4,8,16H,5-7,9H2,1H3,(H,17,18);1H. The van der Waals surface area contributed by atoms with Crippen LogP contribution in [-0.2, 0) is 0 Å². The molecule has 0 spiro atoms. The summed E-state index contributed by atoms with van der Waals surface area (Å²) in [4.78, 5) is 11.9. The number of hydrogen-bond acceptors (Lipinski definition) is 2. The molecule has 5 heteroatoms. The molecule has 2 N–H and O–H groups in total. The molecule has 0 bridgehead atoms. The highest BCUT2D eigenvalue weighted by Crippen LogP contribution is 2.10. The maximum Gasteiger partial charge on any atom is 0.251 e. The molecular formula is C14H18ClFN2O. The highest BCUT2D eigenvalue weighted by Gasteiger charge is 2.11. The summed E-state index contributed by atoms with van der Waals surface area (Å²) in [6, 6.07) is 4.26. The fourth-order valence-electron chi connectivity index (χ4n) is 1.96. The molecule has 0 saturated carbocycles. The van der Waals surface area contributed by atoms with Gasteiger partial charge in [0.05, 0.1) is 0 Å². The number of aryl methyl sites for hydroxylation is 1. The average Bonchev–Trinajstić information content (AvgIpc) is 2.40. The van der Waals surface area contributed by atoms with Gasteiger partial charge in [0.2, 0.25) is 0 Å². The van der Waals surface area contributed by atoms with Crippen molar-refractivity contribution in [2.75, 3.05) is 19.6 Å². The minimum Gasteiger partial charge on any atom is -0.348 e. The van der Waals surface area contributed by atoms with Crippen molar-refractivity contribution in [1.29, 1.82) is 0 Å². The molecule has 3 nitrogen and oxygen atoms in total. The Kier molecular flexibility index (Phi) is 5.99. The molecule has 1 heterocycles. The van der Waals surface area contributed by atoms with Gasteiger partial charge < -0.3 is 10.6 Å². The van der Waals surface area contributed by atoms with Gasteiger partial charge in [-0.25, -0.2) is 4.39 Å². The molecule has 0 aliphatic carbocycles. The van der Waals surface area contributed by atoms with Crippen molar-refractivity contribution in [3.63, 3.8) is 0 Å². The first-order valence-electron chi connectivity index (χ1n) is 6.10. The third-order valence-electron chi connectivity index (χ3n) is 3.08. The summed E-state index contributed by atoms with van der Waals surface area (Å²) >= 11 is 0. The van der Waals surface area contributed by atoms with Crippen molar-refractivity contribution < 1.29 is 9.18 Å². The highest BCUT2D eigenvalue weighted by atomic mass is 35.5. The van der Waals surface area contributed by atoms with Crippen LogP contribution in [0.3, 0.4) is 0 Å². The van der Waals surface area contributed by atoms with Gasteiger partial charge in [-0.1, -0.05) is 17.7 Å². The molecule has 0 atom stereocenters. The second-order valence-corrected chi connectivity index (χ2v) is 4.46. The zero-order chi connectivity index (χ0) is 13.0. The van der Waals surface area contributed by atoms with Gasteiger partial charge in [-0.05, 0) is 37.6 Å². The maximum absolute atomic E-state index is 13.1. The molecule has 0 radical (unpaired) electrons. The van der Waals surface area contributed by atoms with Crippen molar-refractivity contribution in [2.45, 2.75) is 13.3 Å². The molecule has 0 unspecified atom stereocenters. The molecule has 1 amide bonds. The highest BCUT2D eigenvalue weighted by molar-refractivity contribution is 5.95. The maximum atomic E-state index is 13.1. The van der Waals surface area contributed by atoms with Gasteiger partial charge >= 0.3 is 0 Å². The Bertz CT molecular complexity index is 488. The Hall–Kier alpha value is -1.39. The fraction of sp³-hybridized carbons (Fsp3) is 0.357. The number of halogens is 2. The molecule has 1 aromatic carbocycles. The molecule has 1 aromatic rings. The van der Waals surface area contributed by atoms with E-state index in [1.807, 2.05) is 0 Å². The number of rotatable bonds is 3. The van der Waals surface area contributed by atoms with Crippen molar-refractivity contribution in [1.82, 2.24) is 10.6 Å². The lowest BCUT2D eigenvalue weighted by Crippen LogP contribution is -2.30. The Labute approximate surface area is 118 Å². The van der Waals surface area contributed by atoms with Gasteiger partial charge in [0, 0.05) is 18.7 Å². The molecule has 19 heavy (non-hydrogen) atoms. The smallest absolute Gasteiger partial charge is 0.251 e. The van der Waals surface area contributed by atoms with Crippen LogP contribution >= 0.6 is 12.4 Å². The first-order valence-corrected chi connectivity index (χ1v) is 6.10. The van der Waals surface area contributed by atoms with E-state index < -0.39 is 0 Å². The van der Waals surface area contributed by atoms with E-state index in [2.05, 4.69) is 16.7 Å². The zero-order valence-electron chi connectivity index (χ0n) is 10.8. The molecule has 0 saturated heterocycles. The van der Waals surface area contributed by atoms with E-state index in [4.69, 9.17) is 0 Å². The lowest BCUT2D eigenvalue weighted by Gasteiger charge is -2.15. The monoisotopic (exact) mass is 284 g/mol. The fourth-order valence-corrected chi connectivity index (χ4v) is 1.96. The Balaban J connectivity index is 0.00000180. The van der Waals surface area contributed by atoms with Gasteiger partial charge in [-0.2, -0.15) is 0 Å². The number of amides is 1. The molecule has 1 aliphatic heterocycles. The Morgan fingerprint density at radius 3 is 2.95 bits per heavy atom. The van der Waals surface area contributed by atoms with Crippen LogP contribution in [-0.4, -0.2) is 25.5 Å². The van der Waals surface area contributed by atoms with E-state index >= 15 is 0 Å². The lowest BCUT2D eigenvalue weighted by atomic mass is 10.1. The van der Waals surface area contributed by atoms with Crippen molar-refractivity contribution in [2.24, 2.45) is 0 Å². The summed E-state index contributed by atoms with van der Waals surface area (Å²) in [5, 5.41) is 6.05. The van der Waals surface area contributed by atoms with Crippen molar-refractivity contribution in [3.05, 3.63) is 46.8 Å². The first kappa shape index (κ1) is 15.7. The van der Waals surface area contributed by atoms with Crippen molar-refractivity contribution in [3.8, 4) is 0 Å². The van der Waals surface area contributed by atoms with Crippen LogP contribution < -0.4 is 10.6 Å². The number of benzene rings is 1. The predicted octanol–water partition coefficient (Wildman–Crippen LogP) is 2.21. The van der Waals surface area contributed by atoms with Crippen LogP contribution in [0.25, 0.3) is 0 Å². The van der Waals surface area contributed by atoms with E-state index in [0.29, 0.717) is 12.1 Å². The lowest BCUT2D eigenvalue weighted by molar-refractivity contribution is 0.0955. The van der Waals surface area contributed by atoms with Crippen LogP contribution in [0, 0.1) is 12.7 Å². The summed E-state index contributed by atoms with van der Waals surface area (Å²) in [7, 11) is 0. The SMILES string of the molecule is Cc1ccc(F)cc1C(=O)NCC1=CCNCC1.Cl. The summed E-state index contributed by atoms with van der Waals surface area (Å²) < 4.78 is 13.1. The molecule has 1 aliphatic rings. The van der Waals surface area contributed by atoms with Crippen LogP contribution in [0.5, 0.6) is 0 Å². The number of nitrogens with one attached hydrogen (secondary N) is 2.